The van der Waals surface area contributed by atoms with Crippen LogP contribution in [-0.4, -0.2) is 29.6 Å². The number of methoxy groups -OCH3 is 1. The second-order valence-electron chi connectivity index (χ2n) is 9.75. The Morgan fingerprint density at radius 2 is 1.80 bits per heavy atom. The molecule has 1 aliphatic rings. The van der Waals surface area contributed by atoms with Crippen LogP contribution < -0.4 is 9.47 Å². The van der Waals surface area contributed by atoms with Crippen LogP contribution in [-0.2, 0) is 11.4 Å². The van der Waals surface area contributed by atoms with E-state index in [-0.39, 0.29) is 5.91 Å². The zero-order valence-corrected chi connectivity index (χ0v) is 26.1. The van der Waals surface area contributed by atoms with E-state index >= 15 is 0 Å². The topological polar surface area (TPSA) is 51.1 Å². The molecule has 4 aromatic carbocycles. The third-order valence-corrected chi connectivity index (χ3v) is 8.35. The van der Waals surface area contributed by atoms with Crippen molar-refractivity contribution in [1.29, 1.82) is 0 Å². The fourth-order valence-electron chi connectivity index (χ4n) is 4.43. The summed E-state index contributed by atoms with van der Waals surface area (Å²) in [5.74, 6) is 1.52. The summed E-state index contributed by atoms with van der Waals surface area (Å²) in [7, 11) is 1.63. The molecular weight excluding hydrogens is 655 g/mol. The van der Waals surface area contributed by atoms with E-state index in [0.29, 0.717) is 45.7 Å². The SMILES string of the molecule is COc1cc(/C=C2\SC(=Nc3ccc(Cl)cc3)N(CC(C)C)C2=O)cc(I)c1OCc1cccc2ccccc12. The Labute approximate surface area is 257 Å². The summed E-state index contributed by atoms with van der Waals surface area (Å²) in [5, 5.41) is 3.64. The van der Waals surface area contributed by atoms with Crippen LogP contribution in [0.25, 0.3) is 16.8 Å². The fourth-order valence-corrected chi connectivity index (χ4v) is 6.34. The molecule has 0 atom stereocenters. The smallest absolute Gasteiger partial charge is 0.266 e. The van der Waals surface area contributed by atoms with Gasteiger partial charge in [-0.25, -0.2) is 4.99 Å². The Balaban J connectivity index is 1.42. The van der Waals surface area contributed by atoms with Crippen LogP contribution in [0.2, 0.25) is 5.02 Å². The van der Waals surface area contributed by atoms with Gasteiger partial charge in [0.15, 0.2) is 16.7 Å². The van der Waals surface area contributed by atoms with E-state index in [0.717, 1.165) is 20.4 Å². The number of amides is 1. The van der Waals surface area contributed by atoms with Crippen molar-refractivity contribution in [2.45, 2.75) is 20.5 Å². The lowest BCUT2D eigenvalue weighted by Crippen LogP contribution is -2.32. The van der Waals surface area contributed by atoms with Gasteiger partial charge in [-0.1, -0.05) is 67.9 Å². The van der Waals surface area contributed by atoms with Crippen molar-refractivity contribution in [2.75, 3.05) is 13.7 Å². The second-order valence-corrected chi connectivity index (χ2v) is 12.4. The quantitative estimate of drug-likeness (QED) is 0.138. The lowest BCUT2D eigenvalue weighted by Gasteiger charge is -2.17. The summed E-state index contributed by atoms with van der Waals surface area (Å²) in [4.78, 5) is 20.6. The molecule has 1 heterocycles. The Bertz CT molecular complexity index is 1610. The maximum atomic E-state index is 13.4. The minimum Gasteiger partial charge on any atom is -0.493 e. The van der Waals surface area contributed by atoms with Crippen LogP contribution in [0.4, 0.5) is 5.69 Å². The number of thioether (sulfide) groups is 1. The lowest BCUT2D eigenvalue weighted by atomic mass is 10.1. The summed E-state index contributed by atoms with van der Waals surface area (Å²) in [5.41, 5.74) is 2.71. The number of hydrogen-bond acceptors (Lipinski definition) is 5. The van der Waals surface area contributed by atoms with Crippen LogP contribution in [0, 0.1) is 9.49 Å². The van der Waals surface area contributed by atoms with E-state index in [1.807, 2.05) is 48.5 Å². The molecular formula is C32H28ClIN2O3S. The number of carbonyl (C=O) groups is 1. The molecule has 1 aliphatic heterocycles. The zero-order chi connectivity index (χ0) is 28.2. The van der Waals surface area contributed by atoms with Gasteiger partial charge in [0.25, 0.3) is 5.91 Å². The van der Waals surface area contributed by atoms with Crippen molar-refractivity contribution in [2.24, 2.45) is 10.9 Å². The van der Waals surface area contributed by atoms with Gasteiger partial charge in [0.05, 0.1) is 21.3 Å². The summed E-state index contributed by atoms with van der Waals surface area (Å²) in [6.07, 6.45) is 1.89. The normalized spacial score (nSPS) is 15.6. The van der Waals surface area contributed by atoms with Gasteiger partial charge in [-0.2, -0.15) is 0 Å². The number of hydrogen-bond donors (Lipinski definition) is 0. The molecule has 0 unspecified atom stereocenters. The van der Waals surface area contributed by atoms with Gasteiger partial charge in [-0.05, 0) is 105 Å². The predicted molar refractivity (Wildman–Crippen MR) is 175 cm³/mol. The predicted octanol–water partition coefficient (Wildman–Crippen LogP) is 8.95. The average Bonchev–Trinajstić information content (AvgIpc) is 3.21. The third kappa shape index (κ3) is 6.48. The molecule has 4 aromatic rings. The van der Waals surface area contributed by atoms with E-state index in [1.165, 1.54) is 22.5 Å². The number of fused-ring (bicyclic) bond motifs is 1. The van der Waals surface area contributed by atoms with Crippen LogP contribution in [0.5, 0.6) is 11.5 Å². The molecule has 0 spiro atoms. The zero-order valence-electron chi connectivity index (χ0n) is 22.4. The van der Waals surface area contributed by atoms with Gasteiger partial charge < -0.3 is 9.47 Å². The van der Waals surface area contributed by atoms with Gasteiger partial charge in [0.1, 0.15) is 6.61 Å². The molecule has 40 heavy (non-hydrogen) atoms. The molecule has 0 aromatic heterocycles. The molecule has 1 amide bonds. The number of nitrogens with zero attached hydrogens (tertiary/aromatic N) is 2. The summed E-state index contributed by atoms with van der Waals surface area (Å²) in [6, 6.07) is 25.7. The van der Waals surface area contributed by atoms with Crippen molar-refractivity contribution < 1.29 is 14.3 Å². The first-order valence-corrected chi connectivity index (χ1v) is 15.1. The first-order valence-electron chi connectivity index (χ1n) is 12.8. The molecule has 204 valence electrons. The Hall–Kier alpha value is -3.01. The molecule has 0 radical (unpaired) electrons. The Morgan fingerprint density at radius 3 is 2.55 bits per heavy atom. The molecule has 5 nitrogen and oxygen atoms in total. The first kappa shape index (κ1) is 28.5. The maximum absolute atomic E-state index is 13.4. The average molecular weight is 683 g/mol. The maximum Gasteiger partial charge on any atom is 0.266 e. The highest BCUT2D eigenvalue weighted by molar-refractivity contribution is 14.1. The highest BCUT2D eigenvalue weighted by Crippen LogP contribution is 2.39. The van der Waals surface area contributed by atoms with Gasteiger partial charge in [-0.3, -0.25) is 9.69 Å². The molecule has 0 saturated carbocycles. The number of halogens is 2. The minimum absolute atomic E-state index is 0.0586. The number of carbonyl (C=O) groups excluding carboxylic acids is 1. The van der Waals surface area contributed by atoms with Gasteiger partial charge in [0.2, 0.25) is 0 Å². The van der Waals surface area contributed by atoms with Crippen molar-refractivity contribution in [3.63, 3.8) is 0 Å². The fraction of sp³-hybridized carbons (Fsp3) is 0.188. The first-order chi connectivity index (χ1) is 19.3. The number of ether oxygens (including phenoxy) is 2. The van der Waals surface area contributed by atoms with Crippen molar-refractivity contribution in [3.05, 3.63) is 103 Å². The van der Waals surface area contributed by atoms with Crippen LogP contribution >= 0.6 is 46.0 Å². The van der Waals surface area contributed by atoms with E-state index in [1.54, 1.807) is 24.1 Å². The highest BCUT2D eigenvalue weighted by atomic mass is 127. The molecule has 0 bridgehead atoms. The van der Waals surface area contributed by atoms with Crippen molar-refractivity contribution >= 4 is 79.6 Å². The highest BCUT2D eigenvalue weighted by Gasteiger charge is 2.34. The van der Waals surface area contributed by atoms with E-state index in [9.17, 15) is 4.79 Å². The van der Waals surface area contributed by atoms with Crippen LogP contribution in [0.1, 0.15) is 25.0 Å². The number of rotatable bonds is 8. The summed E-state index contributed by atoms with van der Waals surface area (Å²) >= 11 is 9.67. The molecule has 1 saturated heterocycles. The van der Waals surface area contributed by atoms with Crippen LogP contribution in [0.15, 0.2) is 88.8 Å². The van der Waals surface area contributed by atoms with Crippen molar-refractivity contribution in [3.8, 4) is 11.5 Å². The van der Waals surface area contributed by atoms with E-state index in [4.69, 9.17) is 26.1 Å². The third-order valence-electron chi connectivity index (χ3n) is 6.29. The number of amidine groups is 1. The minimum atomic E-state index is -0.0586. The van der Waals surface area contributed by atoms with E-state index in [2.05, 4.69) is 60.7 Å². The summed E-state index contributed by atoms with van der Waals surface area (Å²) < 4.78 is 12.9. The second kappa shape index (κ2) is 12.7. The number of benzene rings is 4. The molecule has 0 aliphatic carbocycles. The molecule has 1 fully saturated rings. The largest absolute Gasteiger partial charge is 0.493 e. The Kier molecular flexibility index (Phi) is 9.03. The van der Waals surface area contributed by atoms with Crippen LogP contribution in [0.3, 0.4) is 0 Å². The standard InChI is InChI=1S/C32H28ClIN2O3S/c1-20(2)18-36-31(37)29(40-32(36)35-25-13-11-24(33)12-14-25)17-21-15-27(34)30(28(16-21)38-3)39-19-23-9-6-8-22-7-4-5-10-26(22)23/h4-17,20H,18-19H2,1-3H3/b29-17-,35-32?. The lowest BCUT2D eigenvalue weighted by molar-refractivity contribution is -0.122. The molecule has 8 heteroatoms. The van der Waals surface area contributed by atoms with Crippen molar-refractivity contribution in [1.82, 2.24) is 4.90 Å². The number of aliphatic imine (C=N–C) groups is 1. The Morgan fingerprint density at radius 1 is 1.05 bits per heavy atom. The molecule has 5 rings (SSSR count). The summed E-state index contributed by atoms with van der Waals surface area (Å²) in [6.45, 7) is 5.17. The van der Waals surface area contributed by atoms with E-state index < -0.39 is 0 Å². The van der Waals surface area contributed by atoms with Gasteiger partial charge >= 0.3 is 0 Å². The monoisotopic (exact) mass is 682 g/mol. The molecule has 0 N–H and O–H groups in total. The van der Waals surface area contributed by atoms with Gasteiger partial charge in [-0.15, -0.1) is 0 Å². The van der Waals surface area contributed by atoms with Gasteiger partial charge in [0, 0.05) is 11.6 Å².